The molecule has 6 rings (SSSR count). The number of aromatic nitrogens is 3. The van der Waals surface area contributed by atoms with Gasteiger partial charge in [-0.05, 0) is 42.5 Å². The Labute approximate surface area is 196 Å². The van der Waals surface area contributed by atoms with Gasteiger partial charge in [-0.3, -0.25) is 0 Å². The van der Waals surface area contributed by atoms with E-state index in [1.165, 1.54) is 30.6 Å². The first-order chi connectivity index (χ1) is 16.4. The maximum absolute atomic E-state index is 14.1. The molecule has 0 saturated carbocycles. The van der Waals surface area contributed by atoms with Crippen molar-refractivity contribution in [3.63, 3.8) is 0 Å². The second kappa shape index (κ2) is 7.28. The van der Waals surface area contributed by atoms with E-state index in [2.05, 4.69) is 9.97 Å². The van der Waals surface area contributed by atoms with Crippen LogP contribution in [-0.2, 0) is 10.0 Å². The van der Waals surface area contributed by atoms with E-state index in [1.54, 1.807) is 36.4 Å². The minimum absolute atomic E-state index is 0.131. The fourth-order valence-corrected chi connectivity index (χ4v) is 5.69. The summed E-state index contributed by atoms with van der Waals surface area (Å²) in [4.78, 5) is 20.1. The Balaban J connectivity index is 1.60. The zero-order chi connectivity index (χ0) is 23.6. The molecule has 0 unspecified atom stereocenters. The number of benzene rings is 2. The minimum atomic E-state index is -3.87. The normalized spacial score (nSPS) is 12.2. The standard InChI is InChI=1S/C24H13ClFN3O4S/c25-21-17(26)6-7-19-20(21)22-16(24(30)33-19)12-18(28-22)14-8-10-27-23-15(14)9-11-29(23)34(31,32)13-4-2-1-3-5-13/h1-12,28H. The van der Waals surface area contributed by atoms with Crippen LogP contribution in [0.25, 0.3) is 44.2 Å². The number of nitrogens with one attached hydrogen (secondary N) is 1. The second-order valence-electron chi connectivity index (χ2n) is 7.62. The zero-order valence-corrected chi connectivity index (χ0v) is 18.7. The molecular weight excluding hydrogens is 481 g/mol. The van der Waals surface area contributed by atoms with Gasteiger partial charge < -0.3 is 9.40 Å². The molecule has 0 radical (unpaired) electrons. The minimum Gasteiger partial charge on any atom is -0.422 e. The average molecular weight is 494 g/mol. The highest BCUT2D eigenvalue weighted by atomic mass is 35.5. The lowest BCUT2D eigenvalue weighted by Gasteiger charge is -2.07. The largest absolute Gasteiger partial charge is 0.422 e. The molecular formula is C24H13ClFN3O4S. The predicted molar refractivity (Wildman–Crippen MR) is 127 cm³/mol. The summed E-state index contributed by atoms with van der Waals surface area (Å²) in [6, 6.07) is 15.4. The van der Waals surface area contributed by atoms with Gasteiger partial charge in [-0.25, -0.2) is 26.6 Å². The molecule has 0 aliphatic carbocycles. The van der Waals surface area contributed by atoms with Gasteiger partial charge in [0.1, 0.15) is 11.4 Å². The summed E-state index contributed by atoms with van der Waals surface area (Å²) in [5.41, 5.74) is 1.19. The van der Waals surface area contributed by atoms with Crippen molar-refractivity contribution in [3.05, 3.63) is 94.3 Å². The molecule has 0 aliphatic rings. The number of hydrogen-bond acceptors (Lipinski definition) is 5. The number of aromatic amines is 1. The maximum Gasteiger partial charge on any atom is 0.345 e. The van der Waals surface area contributed by atoms with Crippen LogP contribution >= 0.6 is 11.6 Å². The summed E-state index contributed by atoms with van der Waals surface area (Å²) >= 11 is 6.18. The average Bonchev–Trinajstić information content (AvgIpc) is 3.48. The van der Waals surface area contributed by atoms with Gasteiger partial charge in [0.15, 0.2) is 5.65 Å². The van der Waals surface area contributed by atoms with E-state index in [0.717, 1.165) is 10.0 Å². The Kier molecular flexibility index (Phi) is 4.42. The third kappa shape index (κ3) is 2.91. The third-order valence-electron chi connectivity index (χ3n) is 5.69. The van der Waals surface area contributed by atoms with Gasteiger partial charge in [-0.1, -0.05) is 29.8 Å². The first-order valence-electron chi connectivity index (χ1n) is 10.1. The third-order valence-corrected chi connectivity index (χ3v) is 7.74. The van der Waals surface area contributed by atoms with E-state index in [4.69, 9.17) is 16.0 Å². The van der Waals surface area contributed by atoms with Crippen LogP contribution in [0.1, 0.15) is 0 Å². The highest BCUT2D eigenvalue weighted by Gasteiger charge is 2.22. The molecule has 1 N–H and O–H groups in total. The molecule has 0 atom stereocenters. The summed E-state index contributed by atoms with van der Waals surface area (Å²) < 4.78 is 46.9. The molecule has 10 heteroatoms. The van der Waals surface area contributed by atoms with E-state index >= 15 is 0 Å². The van der Waals surface area contributed by atoms with Crippen molar-refractivity contribution in [2.75, 3.05) is 0 Å². The molecule has 168 valence electrons. The van der Waals surface area contributed by atoms with Crippen molar-refractivity contribution in [2.45, 2.75) is 4.90 Å². The number of rotatable bonds is 3. The number of H-pyrrole nitrogens is 1. The number of halogens is 2. The fourth-order valence-electron chi connectivity index (χ4n) is 4.11. The molecule has 0 spiro atoms. The maximum atomic E-state index is 14.1. The first kappa shape index (κ1) is 20.6. The van der Waals surface area contributed by atoms with Crippen molar-refractivity contribution >= 4 is 54.5 Å². The number of pyridine rings is 1. The van der Waals surface area contributed by atoms with E-state index in [0.29, 0.717) is 22.2 Å². The molecule has 0 aliphatic heterocycles. The van der Waals surface area contributed by atoms with Gasteiger partial charge in [-0.2, -0.15) is 0 Å². The van der Waals surface area contributed by atoms with Crippen molar-refractivity contribution in [3.8, 4) is 11.3 Å². The predicted octanol–water partition coefficient (Wildman–Crippen LogP) is 5.32. The van der Waals surface area contributed by atoms with Gasteiger partial charge >= 0.3 is 5.63 Å². The Hall–Kier alpha value is -3.95. The Bertz CT molecular complexity index is 1930. The molecule has 6 aromatic rings. The van der Waals surface area contributed by atoms with Gasteiger partial charge in [0, 0.05) is 29.0 Å². The van der Waals surface area contributed by atoms with Crippen molar-refractivity contribution < 1.29 is 17.2 Å². The van der Waals surface area contributed by atoms with Crippen LogP contribution in [0.15, 0.2) is 87.2 Å². The van der Waals surface area contributed by atoms with Gasteiger partial charge in [0.2, 0.25) is 0 Å². The SMILES string of the molecule is O=c1oc2ccc(F)c(Cl)c2c2[nH]c(-c3ccnc4c3ccn4S(=O)(=O)c3ccccc3)cc12. The Morgan fingerprint density at radius 3 is 2.62 bits per heavy atom. The van der Waals surface area contributed by atoms with E-state index in [9.17, 15) is 17.6 Å². The molecule has 0 amide bonds. The summed E-state index contributed by atoms with van der Waals surface area (Å²) in [5, 5.41) is 0.813. The van der Waals surface area contributed by atoms with Crippen LogP contribution in [0, 0.1) is 5.82 Å². The van der Waals surface area contributed by atoms with Gasteiger partial charge in [0.05, 0.1) is 26.2 Å². The molecule has 0 saturated heterocycles. The first-order valence-corrected chi connectivity index (χ1v) is 11.9. The smallest absolute Gasteiger partial charge is 0.345 e. The van der Waals surface area contributed by atoms with E-state index < -0.39 is 21.5 Å². The lowest BCUT2D eigenvalue weighted by atomic mass is 10.1. The lowest BCUT2D eigenvalue weighted by Crippen LogP contribution is -2.12. The Morgan fingerprint density at radius 2 is 1.82 bits per heavy atom. The summed E-state index contributed by atoms with van der Waals surface area (Å²) in [6.07, 6.45) is 2.91. The molecule has 34 heavy (non-hydrogen) atoms. The quantitative estimate of drug-likeness (QED) is 0.336. The monoisotopic (exact) mass is 493 g/mol. The van der Waals surface area contributed by atoms with Crippen LogP contribution in [0.4, 0.5) is 4.39 Å². The van der Waals surface area contributed by atoms with Crippen LogP contribution in [-0.4, -0.2) is 22.4 Å². The van der Waals surface area contributed by atoms with Crippen LogP contribution in [0.3, 0.4) is 0 Å². The highest BCUT2D eigenvalue weighted by Crippen LogP contribution is 2.35. The molecule has 2 aromatic carbocycles. The van der Waals surface area contributed by atoms with Crippen LogP contribution in [0.5, 0.6) is 0 Å². The van der Waals surface area contributed by atoms with Gasteiger partial charge in [-0.15, -0.1) is 0 Å². The fraction of sp³-hybridized carbons (Fsp3) is 0. The summed E-state index contributed by atoms with van der Waals surface area (Å²) in [6.45, 7) is 0. The molecule has 0 fully saturated rings. The summed E-state index contributed by atoms with van der Waals surface area (Å²) in [5.74, 6) is -0.644. The van der Waals surface area contributed by atoms with Crippen LogP contribution in [0.2, 0.25) is 5.02 Å². The van der Waals surface area contributed by atoms with Crippen LogP contribution < -0.4 is 5.63 Å². The number of nitrogens with zero attached hydrogens (tertiary/aromatic N) is 2. The van der Waals surface area contributed by atoms with E-state index in [1.807, 2.05) is 0 Å². The number of hydrogen-bond donors (Lipinski definition) is 1. The molecule has 0 bridgehead atoms. The van der Waals surface area contributed by atoms with Crippen molar-refractivity contribution in [1.29, 1.82) is 0 Å². The topological polar surface area (TPSA) is 98.0 Å². The van der Waals surface area contributed by atoms with Crippen molar-refractivity contribution in [2.24, 2.45) is 0 Å². The molecule has 4 aromatic heterocycles. The van der Waals surface area contributed by atoms with Crippen molar-refractivity contribution in [1.82, 2.24) is 13.9 Å². The number of fused-ring (bicyclic) bond motifs is 4. The van der Waals surface area contributed by atoms with E-state index in [-0.39, 0.29) is 31.9 Å². The van der Waals surface area contributed by atoms with Gasteiger partial charge in [0.25, 0.3) is 10.0 Å². The lowest BCUT2D eigenvalue weighted by molar-refractivity contribution is 0.567. The Morgan fingerprint density at radius 1 is 1.03 bits per heavy atom. The second-order valence-corrected chi connectivity index (χ2v) is 9.81. The highest BCUT2D eigenvalue weighted by molar-refractivity contribution is 7.90. The molecule has 7 nitrogen and oxygen atoms in total. The zero-order valence-electron chi connectivity index (χ0n) is 17.1. The summed E-state index contributed by atoms with van der Waals surface area (Å²) in [7, 11) is -3.87. The molecule has 4 heterocycles.